The Morgan fingerprint density at radius 3 is 1.21 bits per heavy atom. The molecule has 2 heteroatoms. The minimum Gasteiger partial charge on any atom is -0.0561 e. The topological polar surface area (TPSA) is 0 Å². The first-order chi connectivity index (χ1) is 10.2. The molecular formula is C22H36LiP+2. The van der Waals surface area contributed by atoms with Gasteiger partial charge in [-0.15, -0.1) is 0 Å². The molecule has 128 valence electrons. The van der Waals surface area contributed by atoms with Crippen molar-refractivity contribution in [2.45, 2.75) is 66.7 Å². The van der Waals surface area contributed by atoms with Crippen LogP contribution in [-0.4, -0.2) is 24.6 Å². The molecule has 0 bridgehead atoms. The Morgan fingerprint density at radius 1 is 0.708 bits per heavy atom. The number of hydrogen-bond acceptors (Lipinski definition) is 0. The fourth-order valence-electron chi connectivity index (χ4n) is 3.90. The van der Waals surface area contributed by atoms with Crippen LogP contribution in [-0.2, 0) is 0 Å². The summed E-state index contributed by atoms with van der Waals surface area (Å²) in [4.78, 5) is 0. The Labute approximate surface area is 163 Å². The van der Waals surface area contributed by atoms with Gasteiger partial charge < -0.3 is 0 Å². The van der Waals surface area contributed by atoms with Gasteiger partial charge in [-0.3, -0.25) is 0 Å². The minimum atomic E-state index is -1.15. The second-order valence-corrected chi connectivity index (χ2v) is 14.4. The second-order valence-electron chi connectivity index (χ2n) is 10.0. The van der Waals surface area contributed by atoms with Crippen LogP contribution in [0.1, 0.15) is 55.4 Å². The van der Waals surface area contributed by atoms with Crippen LogP contribution in [0, 0.1) is 10.8 Å². The van der Waals surface area contributed by atoms with Crippen LogP contribution < -0.4 is 18.9 Å². The predicted molar refractivity (Wildman–Crippen MR) is 109 cm³/mol. The standard InChI is InChI=1S/C22H36P.Li/c1-15-11-17(21(3,4)5)13-19(15)23(9,10)20-14-18(12-16(20)2)22(6,7)8;/h11-14,19-20H,1-10H3;/q2*+1. The fourth-order valence-corrected chi connectivity index (χ4v) is 7.58. The predicted octanol–water partition coefficient (Wildman–Crippen LogP) is 3.87. The van der Waals surface area contributed by atoms with Gasteiger partial charge >= 0.3 is 18.9 Å². The van der Waals surface area contributed by atoms with Crippen molar-refractivity contribution in [1.29, 1.82) is 0 Å². The summed E-state index contributed by atoms with van der Waals surface area (Å²) in [6.07, 6.45) is 10.1. The molecule has 0 radical (unpaired) electrons. The molecule has 0 amide bonds. The van der Waals surface area contributed by atoms with Gasteiger partial charge in [0.25, 0.3) is 0 Å². The van der Waals surface area contributed by atoms with Crippen LogP contribution in [0.2, 0.25) is 0 Å². The molecule has 2 aliphatic carbocycles. The van der Waals surface area contributed by atoms with Crippen molar-refractivity contribution in [3.8, 4) is 0 Å². The molecule has 0 fully saturated rings. The maximum absolute atomic E-state index is 2.58. The van der Waals surface area contributed by atoms with Crippen molar-refractivity contribution in [1.82, 2.24) is 0 Å². The SMILES string of the molecule is CC1=CC(C(C)(C)C)=CC1[P+](C)(C)C1C=C(C(C)(C)C)C=C1C.[Li+]. The van der Waals surface area contributed by atoms with Gasteiger partial charge in [0.1, 0.15) is 11.3 Å². The van der Waals surface area contributed by atoms with E-state index in [2.05, 4.69) is 93.0 Å². The minimum absolute atomic E-state index is 0. The number of rotatable bonds is 2. The molecule has 2 unspecified atom stereocenters. The number of hydrogen-bond donors (Lipinski definition) is 0. The van der Waals surface area contributed by atoms with Gasteiger partial charge in [0.2, 0.25) is 0 Å². The molecule has 24 heavy (non-hydrogen) atoms. The second kappa shape index (κ2) is 6.95. The maximum atomic E-state index is 2.58. The third kappa shape index (κ3) is 4.21. The van der Waals surface area contributed by atoms with Crippen LogP contribution in [0.25, 0.3) is 0 Å². The van der Waals surface area contributed by atoms with Crippen molar-refractivity contribution in [2.24, 2.45) is 10.8 Å². The smallest absolute Gasteiger partial charge is 0.0561 e. The molecule has 0 spiro atoms. The fraction of sp³-hybridized carbons (Fsp3) is 0.636. The Kier molecular flexibility index (Phi) is 6.38. The monoisotopic (exact) mass is 338 g/mol. The van der Waals surface area contributed by atoms with E-state index >= 15 is 0 Å². The van der Waals surface area contributed by atoms with E-state index in [-0.39, 0.29) is 29.7 Å². The van der Waals surface area contributed by atoms with Gasteiger partial charge in [0.15, 0.2) is 0 Å². The summed E-state index contributed by atoms with van der Waals surface area (Å²) in [5, 5.41) is 0. The van der Waals surface area contributed by atoms with E-state index < -0.39 is 7.26 Å². The molecule has 0 saturated heterocycles. The van der Waals surface area contributed by atoms with E-state index in [1.807, 2.05) is 0 Å². The van der Waals surface area contributed by atoms with Crippen molar-refractivity contribution >= 4 is 7.26 Å². The summed E-state index contributed by atoms with van der Waals surface area (Å²) in [7, 11) is -1.15. The third-order valence-corrected chi connectivity index (χ3v) is 9.52. The van der Waals surface area contributed by atoms with E-state index in [1.165, 1.54) is 11.1 Å². The summed E-state index contributed by atoms with van der Waals surface area (Å²) in [6, 6.07) is 0. The van der Waals surface area contributed by atoms with Gasteiger partial charge in [-0.25, -0.2) is 0 Å². The van der Waals surface area contributed by atoms with Gasteiger partial charge in [0, 0.05) is 7.26 Å². The molecular weight excluding hydrogens is 302 g/mol. The quantitative estimate of drug-likeness (QED) is 0.530. The molecule has 0 heterocycles. The van der Waals surface area contributed by atoms with Crippen molar-refractivity contribution in [3.05, 3.63) is 46.6 Å². The summed E-state index contributed by atoms with van der Waals surface area (Å²) in [5.74, 6) is 0. The normalized spacial score (nSPS) is 24.9. The summed E-state index contributed by atoms with van der Waals surface area (Å²) in [6.45, 7) is 23.8. The molecule has 0 N–H and O–H groups in total. The molecule has 0 aromatic carbocycles. The Hall–Kier alpha value is -0.0126. The average Bonchev–Trinajstić information content (AvgIpc) is 2.91. The van der Waals surface area contributed by atoms with Gasteiger partial charge in [-0.1, -0.05) is 53.7 Å². The molecule has 2 aliphatic rings. The van der Waals surface area contributed by atoms with Crippen molar-refractivity contribution in [2.75, 3.05) is 13.3 Å². The molecule has 0 aromatic rings. The largest absolute Gasteiger partial charge is 1.00 e. The van der Waals surface area contributed by atoms with E-state index in [4.69, 9.17) is 0 Å². The Morgan fingerprint density at radius 2 is 1.00 bits per heavy atom. The molecule has 0 aliphatic heterocycles. The first-order valence-electron chi connectivity index (χ1n) is 8.89. The molecule has 0 nitrogen and oxygen atoms in total. The molecule has 0 saturated carbocycles. The maximum Gasteiger partial charge on any atom is 1.00 e. The zero-order valence-corrected chi connectivity index (χ0v) is 18.8. The average molecular weight is 338 g/mol. The van der Waals surface area contributed by atoms with Crippen LogP contribution >= 0.6 is 7.26 Å². The Bertz CT molecular complexity index is 561. The van der Waals surface area contributed by atoms with Crippen LogP contribution in [0.3, 0.4) is 0 Å². The van der Waals surface area contributed by atoms with Crippen LogP contribution in [0.4, 0.5) is 0 Å². The van der Waals surface area contributed by atoms with Gasteiger partial charge in [-0.2, -0.15) is 0 Å². The first-order valence-corrected chi connectivity index (χ1v) is 11.7. The van der Waals surface area contributed by atoms with E-state index in [9.17, 15) is 0 Å². The Balaban J connectivity index is 0.00000288. The molecule has 2 rings (SSSR count). The van der Waals surface area contributed by atoms with Gasteiger partial charge in [-0.05, 0) is 59.1 Å². The molecule has 2 atom stereocenters. The van der Waals surface area contributed by atoms with Gasteiger partial charge in [0.05, 0.1) is 13.3 Å². The molecule has 0 aromatic heterocycles. The number of allylic oxidation sites excluding steroid dienone is 8. The van der Waals surface area contributed by atoms with E-state index in [1.54, 1.807) is 11.1 Å². The summed E-state index contributed by atoms with van der Waals surface area (Å²) < 4.78 is 0. The first kappa shape index (κ1) is 22.0. The van der Waals surface area contributed by atoms with E-state index in [0.29, 0.717) is 11.3 Å². The van der Waals surface area contributed by atoms with Crippen LogP contribution in [0.15, 0.2) is 46.6 Å². The van der Waals surface area contributed by atoms with E-state index in [0.717, 1.165) is 0 Å². The zero-order chi connectivity index (χ0) is 17.8. The summed E-state index contributed by atoms with van der Waals surface area (Å²) >= 11 is 0. The van der Waals surface area contributed by atoms with Crippen LogP contribution in [0.5, 0.6) is 0 Å². The van der Waals surface area contributed by atoms with Crippen molar-refractivity contribution in [3.63, 3.8) is 0 Å². The third-order valence-electron chi connectivity index (χ3n) is 5.54. The zero-order valence-electron chi connectivity index (χ0n) is 17.9. The van der Waals surface area contributed by atoms with Crippen molar-refractivity contribution < 1.29 is 18.9 Å². The summed E-state index contributed by atoms with van der Waals surface area (Å²) in [5.41, 5.74) is 7.96.